The largest absolute Gasteiger partial charge is 0.477 e. The van der Waals surface area contributed by atoms with Crippen molar-refractivity contribution in [1.82, 2.24) is 24.6 Å². The highest BCUT2D eigenvalue weighted by atomic mass is 16.6. The van der Waals surface area contributed by atoms with Gasteiger partial charge in [-0.05, 0) is 82.2 Å². The van der Waals surface area contributed by atoms with Crippen molar-refractivity contribution in [3.05, 3.63) is 53.3 Å². The van der Waals surface area contributed by atoms with Gasteiger partial charge in [0.2, 0.25) is 5.88 Å². The van der Waals surface area contributed by atoms with Crippen LogP contribution in [0.2, 0.25) is 0 Å². The first-order chi connectivity index (χ1) is 21.9. The number of hydrogen-bond acceptors (Lipinski definition) is 10. The van der Waals surface area contributed by atoms with Crippen LogP contribution in [0.4, 0.5) is 16.2 Å². The molecule has 0 radical (unpaired) electrons. The van der Waals surface area contributed by atoms with Gasteiger partial charge in [0, 0.05) is 52.0 Å². The van der Waals surface area contributed by atoms with Crippen molar-refractivity contribution in [1.29, 1.82) is 0 Å². The fourth-order valence-electron chi connectivity index (χ4n) is 5.97. The Morgan fingerprint density at radius 1 is 1.07 bits per heavy atom. The number of nitrogen functional groups attached to an aromatic ring is 1. The second-order valence-corrected chi connectivity index (χ2v) is 13.4. The van der Waals surface area contributed by atoms with Crippen LogP contribution in [0.5, 0.6) is 5.88 Å². The van der Waals surface area contributed by atoms with E-state index >= 15 is 0 Å². The Hall–Kier alpha value is -4.32. The van der Waals surface area contributed by atoms with E-state index in [0.29, 0.717) is 54.4 Å². The van der Waals surface area contributed by atoms with Crippen LogP contribution in [0.3, 0.4) is 0 Å². The highest BCUT2D eigenvalue weighted by molar-refractivity contribution is 5.90. The molecule has 3 N–H and O–H groups in total. The van der Waals surface area contributed by atoms with Crippen molar-refractivity contribution in [3.63, 3.8) is 0 Å². The minimum absolute atomic E-state index is 0.243. The molecule has 2 fully saturated rings. The predicted octanol–water partition coefficient (Wildman–Crippen LogP) is 4.73. The number of esters is 1. The summed E-state index contributed by atoms with van der Waals surface area (Å²) in [6.45, 7) is 12.7. The zero-order valence-electron chi connectivity index (χ0n) is 27.8. The van der Waals surface area contributed by atoms with E-state index in [1.165, 1.54) is 12.7 Å². The number of carbonyl (C=O) groups excluding carboxylic acids is 2. The minimum atomic E-state index is -0.487. The molecule has 12 heteroatoms. The smallest absolute Gasteiger partial charge is 0.410 e. The molecule has 0 spiro atoms. The maximum Gasteiger partial charge on any atom is 0.410 e. The third-order valence-corrected chi connectivity index (χ3v) is 8.45. The highest BCUT2D eigenvalue weighted by Gasteiger charge is 2.31. The van der Waals surface area contributed by atoms with Crippen molar-refractivity contribution in [2.75, 3.05) is 57.5 Å². The Morgan fingerprint density at radius 2 is 1.80 bits per heavy atom. The fraction of sp³-hybridized carbons (Fsp3) is 0.529. The van der Waals surface area contributed by atoms with E-state index < -0.39 is 11.6 Å². The second kappa shape index (κ2) is 14.0. The third-order valence-electron chi connectivity index (χ3n) is 8.45. The molecule has 1 saturated heterocycles. The van der Waals surface area contributed by atoms with Crippen LogP contribution in [-0.4, -0.2) is 88.7 Å². The molecule has 1 amide bonds. The van der Waals surface area contributed by atoms with Crippen molar-refractivity contribution in [2.24, 2.45) is 18.9 Å². The first-order valence-corrected chi connectivity index (χ1v) is 15.9. The molecule has 1 aliphatic carbocycles. The number of hydrogen-bond donors (Lipinski definition) is 2. The first kappa shape index (κ1) is 33.1. The van der Waals surface area contributed by atoms with Crippen LogP contribution < -0.4 is 15.8 Å². The molecule has 1 saturated carbocycles. The lowest BCUT2D eigenvalue weighted by atomic mass is 9.75. The van der Waals surface area contributed by atoms with E-state index in [4.69, 9.17) is 19.9 Å². The number of nitrogens with zero attached hydrogens (tertiary/aromatic N) is 5. The van der Waals surface area contributed by atoms with Gasteiger partial charge >= 0.3 is 12.1 Å². The van der Waals surface area contributed by atoms with E-state index in [2.05, 4.69) is 32.4 Å². The predicted molar refractivity (Wildman–Crippen MR) is 177 cm³/mol. The number of methoxy groups -OCH3 is 1. The molecule has 0 bridgehead atoms. The average Bonchev–Trinajstić information content (AvgIpc) is 3.36. The summed E-state index contributed by atoms with van der Waals surface area (Å²) in [6, 6.07) is 9.60. The summed E-state index contributed by atoms with van der Waals surface area (Å²) in [6.07, 6.45) is 3.58. The van der Waals surface area contributed by atoms with Crippen LogP contribution in [0, 0.1) is 18.8 Å². The Bertz CT molecular complexity index is 1540. The number of aromatic nitrogens is 3. The molecular formula is C34H47N7O5. The SMILES string of the molecule is COC(=O)c1cc(C)nc(-c2cnn(C)c2OCC2CC(CNc3cc(CN4CCN(C(=O)OC(C)(C)C)CC4)ccc3N)C2)c1. The highest BCUT2D eigenvalue weighted by Crippen LogP contribution is 2.36. The number of rotatable bonds is 10. The van der Waals surface area contributed by atoms with Crippen LogP contribution in [-0.2, 0) is 23.1 Å². The van der Waals surface area contributed by atoms with Crippen molar-refractivity contribution in [3.8, 4) is 17.1 Å². The maximum atomic E-state index is 12.4. The number of nitrogens with two attached hydrogens (primary N) is 1. The maximum absolute atomic E-state index is 12.4. The Labute approximate surface area is 271 Å². The summed E-state index contributed by atoms with van der Waals surface area (Å²) in [5.74, 6) is 1.19. The van der Waals surface area contributed by atoms with Gasteiger partial charge in [0.15, 0.2) is 0 Å². The summed E-state index contributed by atoms with van der Waals surface area (Å²) in [5.41, 5.74) is 11.3. The van der Waals surface area contributed by atoms with Gasteiger partial charge in [-0.2, -0.15) is 5.10 Å². The van der Waals surface area contributed by atoms with E-state index in [1.54, 1.807) is 27.9 Å². The van der Waals surface area contributed by atoms with Crippen molar-refractivity contribution in [2.45, 2.75) is 52.7 Å². The quantitative estimate of drug-likeness (QED) is 0.238. The number of carbonyl (C=O) groups is 2. The molecule has 12 nitrogen and oxygen atoms in total. The van der Waals surface area contributed by atoms with Gasteiger partial charge in [0.1, 0.15) is 5.60 Å². The van der Waals surface area contributed by atoms with Crippen molar-refractivity contribution >= 4 is 23.4 Å². The molecule has 1 aliphatic heterocycles. The first-order valence-electron chi connectivity index (χ1n) is 15.9. The molecule has 248 valence electrons. The van der Waals surface area contributed by atoms with Crippen LogP contribution >= 0.6 is 0 Å². The van der Waals surface area contributed by atoms with Gasteiger partial charge < -0.3 is 30.2 Å². The molecule has 3 heterocycles. The van der Waals surface area contributed by atoms with Crippen LogP contribution in [0.15, 0.2) is 36.5 Å². The number of piperazine rings is 1. The average molecular weight is 634 g/mol. The molecule has 46 heavy (non-hydrogen) atoms. The zero-order chi connectivity index (χ0) is 33.0. The minimum Gasteiger partial charge on any atom is -0.477 e. The number of aryl methyl sites for hydroxylation is 2. The molecule has 3 aromatic rings. The van der Waals surface area contributed by atoms with E-state index in [-0.39, 0.29) is 6.09 Å². The molecular weight excluding hydrogens is 586 g/mol. The number of pyridine rings is 1. The lowest BCUT2D eigenvalue weighted by Crippen LogP contribution is -2.49. The van der Waals surface area contributed by atoms with Gasteiger partial charge in [-0.3, -0.25) is 9.88 Å². The number of amides is 1. The zero-order valence-corrected chi connectivity index (χ0v) is 27.8. The standard InChI is InChI=1S/C34H47N7O5/c1-22-13-26(32(42)44-6)17-29(38-22)27-19-37-39(5)31(27)45-21-25-14-24(15-25)18-36-30-16-23(7-8-28(30)35)20-40-9-11-41(12-10-40)33(43)46-34(2,3)4/h7-8,13,16-17,19,24-25,36H,9-12,14-15,18,20-21,35H2,1-6H3. The van der Waals surface area contributed by atoms with Gasteiger partial charge in [0.25, 0.3) is 0 Å². The molecule has 5 rings (SSSR count). The Kier molecular flexibility index (Phi) is 10.0. The van der Waals surface area contributed by atoms with E-state index in [1.807, 2.05) is 40.8 Å². The lowest BCUT2D eigenvalue weighted by molar-refractivity contribution is 0.0139. The fourth-order valence-corrected chi connectivity index (χ4v) is 5.97. The summed E-state index contributed by atoms with van der Waals surface area (Å²) in [7, 11) is 3.20. The van der Waals surface area contributed by atoms with Gasteiger partial charge in [-0.15, -0.1) is 0 Å². The summed E-state index contributed by atoms with van der Waals surface area (Å²) < 4.78 is 18.4. The summed E-state index contributed by atoms with van der Waals surface area (Å²) in [4.78, 5) is 33.3. The monoisotopic (exact) mass is 633 g/mol. The van der Waals surface area contributed by atoms with Crippen molar-refractivity contribution < 1.29 is 23.8 Å². The third kappa shape index (κ3) is 8.28. The number of benzene rings is 1. The second-order valence-electron chi connectivity index (χ2n) is 13.4. The molecule has 0 atom stereocenters. The molecule has 2 aromatic heterocycles. The van der Waals surface area contributed by atoms with Crippen LogP contribution in [0.25, 0.3) is 11.3 Å². The Balaban J connectivity index is 1.08. The topological polar surface area (TPSA) is 137 Å². The lowest BCUT2D eigenvalue weighted by Gasteiger charge is -2.36. The molecule has 0 unspecified atom stereocenters. The molecule has 1 aromatic carbocycles. The van der Waals surface area contributed by atoms with Crippen LogP contribution in [0.1, 0.15) is 55.2 Å². The summed E-state index contributed by atoms with van der Waals surface area (Å²) in [5, 5.41) is 7.96. The normalized spacial score (nSPS) is 18.5. The molecule has 2 aliphatic rings. The van der Waals surface area contributed by atoms with Gasteiger partial charge in [-0.25, -0.2) is 14.3 Å². The Morgan fingerprint density at radius 3 is 2.50 bits per heavy atom. The van der Waals surface area contributed by atoms with Gasteiger partial charge in [-0.1, -0.05) is 6.07 Å². The van der Waals surface area contributed by atoms with Gasteiger partial charge in [0.05, 0.1) is 48.1 Å². The van der Waals surface area contributed by atoms with E-state index in [9.17, 15) is 9.59 Å². The summed E-state index contributed by atoms with van der Waals surface area (Å²) >= 11 is 0. The number of ether oxygens (including phenoxy) is 3. The number of anilines is 2. The number of nitrogens with one attached hydrogen (secondary N) is 1. The van der Waals surface area contributed by atoms with E-state index in [0.717, 1.165) is 56.0 Å².